The summed E-state index contributed by atoms with van der Waals surface area (Å²) in [5.74, 6) is 1.72. The number of nitrogens with zero attached hydrogens (tertiary/aromatic N) is 1. The van der Waals surface area contributed by atoms with Crippen LogP contribution in [0.1, 0.15) is 45.2 Å². The summed E-state index contributed by atoms with van der Waals surface area (Å²) in [5.41, 5.74) is 8.54. The van der Waals surface area contributed by atoms with Gasteiger partial charge in [-0.2, -0.15) is 0 Å². The van der Waals surface area contributed by atoms with Crippen molar-refractivity contribution in [1.82, 2.24) is 0 Å². The first-order valence-corrected chi connectivity index (χ1v) is 7.23. The second kappa shape index (κ2) is 5.83. The van der Waals surface area contributed by atoms with Crippen molar-refractivity contribution in [2.45, 2.75) is 45.7 Å². The largest absolute Gasteiger partial charge is 0.496 e. The van der Waals surface area contributed by atoms with Crippen LogP contribution < -0.4 is 15.4 Å². The standard InChI is InChI=1S/C16H26N2O/c1-11-8-9-18(12(2)10-11)14-6-5-7-15(19-4)16(14)13(3)17/h5-7,11-13H,8-10,17H2,1-4H3/t11?,12?,13-/m0/s1. The smallest absolute Gasteiger partial charge is 0.125 e. The lowest BCUT2D eigenvalue weighted by Crippen LogP contribution is -2.41. The maximum atomic E-state index is 6.16. The Morgan fingerprint density at radius 2 is 2.11 bits per heavy atom. The fourth-order valence-corrected chi connectivity index (χ4v) is 3.18. The Morgan fingerprint density at radius 1 is 1.37 bits per heavy atom. The summed E-state index contributed by atoms with van der Waals surface area (Å²) in [5, 5.41) is 0. The maximum Gasteiger partial charge on any atom is 0.125 e. The molecule has 0 bridgehead atoms. The summed E-state index contributed by atoms with van der Waals surface area (Å²) >= 11 is 0. The lowest BCUT2D eigenvalue weighted by atomic mass is 9.91. The van der Waals surface area contributed by atoms with Crippen molar-refractivity contribution in [3.8, 4) is 5.75 Å². The first-order valence-electron chi connectivity index (χ1n) is 7.23. The zero-order valence-corrected chi connectivity index (χ0v) is 12.5. The van der Waals surface area contributed by atoms with E-state index in [1.54, 1.807) is 7.11 Å². The van der Waals surface area contributed by atoms with Gasteiger partial charge in [0, 0.05) is 29.9 Å². The van der Waals surface area contributed by atoms with E-state index in [0.29, 0.717) is 6.04 Å². The normalized spacial score (nSPS) is 25.2. The van der Waals surface area contributed by atoms with E-state index < -0.39 is 0 Å². The molecule has 19 heavy (non-hydrogen) atoms. The summed E-state index contributed by atoms with van der Waals surface area (Å²) < 4.78 is 5.49. The molecule has 0 saturated carbocycles. The van der Waals surface area contributed by atoms with Crippen molar-refractivity contribution >= 4 is 5.69 Å². The Hall–Kier alpha value is -1.22. The van der Waals surface area contributed by atoms with Gasteiger partial charge in [-0.3, -0.25) is 0 Å². The third-order valence-corrected chi connectivity index (χ3v) is 4.17. The van der Waals surface area contributed by atoms with Crippen LogP contribution in [0.2, 0.25) is 0 Å². The van der Waals surface area contributed by atoms with E-state index in [4.69, 9.17) is 10.5 Å². The molecule has 106 valence electrons. The Morgan fingerprint density at radius 3 is 2.68 bits per heavy atom. The van der Waals surface area contributed by atoms with Crippen molar-refractivity contribution < 1.29 is 4.74 Å². The van der Waals surface area contributed by atoms with Crippen molar-refractivity contribution in [3.63, 3.8) is 0 Å². The van der Waals surface area contributed by atoms with Crippen LogP contribution in [0.4, 0.5) is 5.69 Å². The van der Waals surface area contributed by atoms with Crippen LogP contribution >= 0.6 is 0 Å². The number of rotatable bonds is 3. The lowest BCUT2D eigenvalue weighted by molar-refractivity contribution is 0.374. The minimum absolute atomic E-state index is 0.0160. The highest BCUT2D eigenvalue weighted by Gasteiger charge is 2.26. The lowest BCUT2D eigenvalue weighted by Gasteiger charge is -2.40. The summed E-state index contributed by atoms with van der Waals surface area (Å²) in [6, 6.07) is 6.78. The van der Waals surface area contributed by atoms with E-state index in [9.17, 15) is 0 Å². The molecule has 0 aliphatic carbocycles. The van der Waals surface area contributed by atoms with E-state index in [2.05, 4.69) is 30.9 Å². The van der Waals surface area contributed by atoms with Gasteiger partial charge in [0.25, 0.3) is 0 Å². The van der Waals surface area contributed by atoms with E-state index >= 15 is 0 Å². The van der Waals surface area contributed by atoms with Gasteiger partial charge >= 0.3 is 0 Å². The minimum atomic E-state index is -0.0160. The number of nitrogens with two attached hydrogens (primary N) is 1. The van der Waals surface area contributed by atoms with Gasteiger partial charge in [0.15, 0.2) is 0 Å². The highest BCUT2D eigenvalue weighted by atomic mass is 16.5. The van der Waals surface area contributed by atoms with Crippen molar-refractivity contribution in [3.05, 3.63) is 23.8 Å². The van der Waals surface area contributed by atoms with E-state index in [0.717, 1.165) is 23.8 Å². The molecule has 2 unspecified atom stereocenters. The third kappa shape index (κ3) is 2.86. The van der Waals surface area contributed by atoms with Gasteiger partial charge in [0.05, 0.1) is 7.11 Å². The number of anilines is 1. The molecule has 1 aliphatic heterocycles. The molecule has 1 fully saturated rings. The van der Waals surface area contributed by atoms with Crippen LogP contribution in [0.3, 0.4) is 0 Å². The molecule has 1 aromatic carbocycles. The molecule has 1 aliphatic rings. The van der Waals surface area contributed by atoms with Crippen LogP contribution in [-0.2, 0) is 0 Å². The molecule has 2 N–H and O–H groups in total. The number of methoxy groups -OCH3 is 1. The molecular weight excluding hydrogens is 236 g/mol. The van der Waals surface area contributed by atoms with Crippen LogP contribution in [0.5, 0.6) is 5.75 Å². The summed E-state index contributed by atoms with van der Waals surface area (Å²) in [6.45, 7) is 7.78. The molecule has 1 saturated heterocycles. The minimum Gasteiger partial charge on any atom is -0.496 e. The van der Waals surface area contributed by atoms with E-state index in [1.165, 1.54) is 18.5 Å². The molecule has 0 aromatic heterocycles. The van der Waals surface area contributed by atoms with Crippen molar-refractivity contribution in [2.24, 2.45) is 11.7 Å². The summed E-state index contributed by atoms with van der Waals surface area (Å²) in [6.07, 6.45) is 2.50. The van der Waals surface area contributed by atoms with Gasteiger partial charge in [-0.05, 0) is 44.7 Å². The Labute approximate surface area is 116 Å². The molecule has 0 spiro atoms. The Bertz CT molecular complexity index is 431. The number of hydrogen-bond donors (Lipinski definition) is 1. The number of ether oxygens (including phenoxy) is 1. The van der Waals surface area contributed by atoms with Gasteiger partial charge in [-0.15, -0.1) is 0 Å². The average Bonchev–Trinajstić information content (AvgIpc) is 2.37. The number of benzene rings is 1. The number of piperidine rings is 1. The first-order chi connectivity index (χ1) is 9.04. The van der Waals surface area contributed by atoms with Crippen LogP contribution in [0.25, 0.3) is 0 Å². The predicted octanol–water partition coefficient (Wildman–Crippen LogP) is 3.34. The quantitative estimate of drug-likeness (QED) is 0.908. The highest BCUT2D eigenvalue weighted by Crippen LogP contribution is 2.37. The molecule has 3 nitrogen and oxygen atoms in total. The molecule has 2 rings (SSSR count). The monoisotopic (exact) mass is 262 g/mol. The van der Waals surface area contributed by atoms with Gasteiger partial charge in [0.2, 0.25) is 0 Å². The van der Waals surface area contributed by atoms with Crippen LogP contribution in [0, 0.1) is 5.92 Å². The first kappa shape index (κ1) is 14.2. The zero-order valence-electron chi connectivity index (χ0n) is 12.5. The zero-order chi connectivity index (χ0) is 14.0. The van der Waals surface area contributed by atoms with Gasteiger partial charge < -0.3 is 15.4 Å². The van der Waals surface area contributed by atoms with Crippen LogP contribution in [-0.4, -0.2) is 19.7 Å². The predicted molar refractivity (Wildman–Crippen MR) is 80.8 cm³/mol. The molecule has 0 amide bonds. The number of hydrogen-bond acceptors (Lipinski definition) is 3. The SMILES string of the molecule is COc1cccc(N2CCC(C)CC2C)c1[C@H](C)N. The summed E-state index contributed by atoms with van der Waals surface area (Å²) in [7, 11) is 1.71. The van der Waals surface area contributed by atoms with Gasteiger partial charge in [-0.25, -0.2) is 0 Å². The molecule has 0 radical (unpaired) electrons. The Kier molecular flexibility index (Phi) is 4.35. The van der Waals surface area contributed by atoms with Crippen molar-refractivity contribution in [1.29, 1.82) is 0 Å². The topological polar surface area (TPSA) is 38.5 Å². The second-order valence-corrected chi connectivity index (χ2v) is 5.85. The second-order valence-electron chi connectivity index (χ2n) is 5.85. The van der Waals surface area contributed by atoms with Crippen molar-refractivity contribution in [2.75, 3.05) is 18.6 Å². The van der Waals surface area contributed by atoms with E-state index in [-0.39, 0.29) is 6.04 Å². The average molecular weight is 262 g/mol. The molecule has 1 aromatic rings. The molecular formula is C16H26N2O. The van der Waals surface area contributed by atoms with Gasteiger partial charge in [-0.1, -0.05) is 13.0 Å². The molecule has 1 heterocycles. The molecule has 3 atom stereocenters. The van der Waals surface area contributed by atoms with Crippen LogP contribution in [0.15, 0.2) is 18.2 Å². The highest BCUT2D eigenvalue weighted by molar-refractivity contribution is 5.61. The summed E-state index contributed by atoms with van der Waals surface area (Å²) in [4.78, 5) is 2.49. The Balaban J connectivity index is 2.38. The maximum absolute atomic E-state index is 6.16. The molecule has 3 heteroatoms. The van der Waals surface area contributed by atoms with Gasteiger partial charge in [0.1, 0.15) is 5.75 Å². The fraction of sp³-hybridized carbons (Fsp3) is 0.625. The fourth-order valence-electron chi connectivity index (χ4n) is 3.18. The third-order valence-electron chi connectivity index (χ3n) is 4.17. The van der Waals surface area contributed by atoms with E-state index in [1.807, 2.05) is 13.0 Å².